The Morgan fingerprint density at radius 2 is 2.00 bits per heavy atom. The molecule has 0 atom stereocenters. The first-order valence-electron chi connectivity index (χ1n) is 6.66. The Kier molecular flexibility index (Phi) is 4.67. The summed E-state index contributed by atoms with van der Waals surface area (Å²) in [6.45, 7) is 5.55. The number of hydrogen-bond acceptors (Lipinski definition) is 6. The first-order chi connectivity index (χ1) is 9.85. The number of rotatable bonds is 4. The molecule has 0 fully saturated rings. The molecule has 1 aromatic carbocycles. The summed E-state index contributed by atoms with van der Waals surface area (Å²) in [6.07, 6.45) is 0. The Hall–Kier alpha value is -1.82. The van der Waals surface area contributed by atoms with E-state index in [0.29, 0.717) is 17.4 Å². The predicted molar refractivity (Wildman–Crippen MR) is 86.0 cm³/mol. The van der Waals surface area contributed by atoms with Gasteiger partial charge < -0.3 is 10.5 Å². The molecule has 0 aliphatic carbocycles. The van der Waals surface area contributed by atoms with Gasteiger partial charge >= 0.3 is 5.97 Å². The van der Waals surface area contributed by atoms with Gasteiger partial charge in [0.05, 0.1) is 17.0 Å². The summed E-state index contributed by atoms with van der Waals surface area (Å²) >= 11 is 1.42. The number of fused-ring (bicyclic) bond motifs is 1. The maximum absolute atomic E-state index is 11.6. The van der Waals surface area contributed by atoms with Gasteiger partial charge in [-0.25, -0.2) is 9.97 Å². The normalized spacial score (nSPS) is 11.6. The van der Waals surface area contributed by atoms with Crippen LogP contribution in [0.5, 0.6) is 0 Å². The molecule has 21 heavy (non-hydrogen) atoms. The van der Waals surface area contributed by atoms with E-state index in [-0.39, 0.29) is 11.7 Å². The number of nitrogens with two attached hydrogens (primary N) is 1. The Morgan fingerprint density at radius 3 is 2.71 bits per heavy atom. The van der Waals surface area contributed by atoms with Gasteiger partial charge in [0.15, 0.2) is 0 Å². The summed E-state index contributed by atoms with van der Waals surface area (Å²) in [5, 5.41) is 0.846. The minimum atomic E-state index is -0.457. The first-order valence-corrected chi connectivity index (χ1v) is 7.81. The first kappa shape index (κ1) is 15.6. The lowest BCUT2D eigenvalue weighted by Crippen LogP contribution is -2.25. The van der Waals surface area contributed by atoms with Crippen molar-refractivity contribution in [3.05, 3.63) is 30.1 Å². The van der Waals surface area contributed by atoms with Crippen molar-refractivity contribution in [3.8, 4) is 0 Å². The van der Waals surface area contributed by atoms with E-state index in [1.807, 2.05) is 45.0 Å². The highest BCUT2D eigenvalue weighted by molar-refractivity contribution is 7.99. The van der Waals surface area contributed by atoms with Gasteiger partial charge in [-0.15, -0.1) is 11.8 Å². The van der Waals surface area contributed by atoms with E-state index in [1.54, 1.807) is 0 Å². The number of esters is 1. The molecule has 0 aliphatic rings. The average molecular weight is 305 g/mol. The second kappa shape index (κ2) is 6.30. The molecule has 2 N–H and O–H groups in total. The van der Waals surface area contributed by atoms with Crippen molar-refractivity contribution in [2.24, 2.45) is 0 Å². The van der Waals surface area contributed by atoms with Crippen LogP contribution in [0, 0.1) is 0 Å². The van der Waals surface area contributed by atoms with Gasteiger partial charge in [0.25, 0.3) is 0 Å². The average Bonchev–Trinajstić information content (AvgIpc) is 2.36. The molecule has 0 spiro atoms. The lowest BCUT2D eigenvalue weighted by molar-refractivity contribution is -0.151. The van der Waals surface area contributed by atoms with Crippen LogP contribution in [-0.4, -0.2) is 27.3 Å². The van der Waals surface area contributed by atoms with E-state index in [9.17, 15) is 4.79 Å². The van der Waals surface area contributed by atoms with Crippen LogP contribution < -0.4 is 5.73 Å². The number of nitrogen functional groups attached to an aromatic ring is 1. The van der Waals surface area contributed by atoms with E-state index in [1.165, 1.54) is 11.8 Å². The molecule has 0 saturated carbocycles. The summed E-state index contributed by atoms with van der Waals surface area (Å²) in [5.41, 5.74) is 6.28. The molecule has 0 amide bonds. The topological polar surface area (TPSA) is 78.1 Å². The van der Waals surface area contributed by atoms with Gasteiger partial charge in [-0.1, -0.05) is 12.1 Å². The lowest BCUT2D eigenvalue weighted by atomic mass is 10.2. The van der Waals surface area contributed by atoms with Gasteiger partial charge in [-0.3, -0.25) is 4.79 Å². The zero-order valence-corrected chi connectivity index (χ0v) is 13.2. The number of carbonyl (C=O) groups excluding carboxylic acids is 1. The Balaban J connectivity index is 1.96. The van der Waals surface area contributed by atoms with Crippen molar-refractivity contribution < 1.29 is 9.53 Å². The predicted octanol–water partition coefficient (Wildman–Crippen LogP) is 2.79. The molecule has 0 aliphatic heterocycles. The fourth-order valence-corrected chi connectivity index (χ4v) is 2.45. The van der Waals surface area contributed by atoms with Crippen LogP contribution in [0.3, 0.4) is 0 Å². The number of ether oxygens (including phenoxy) is 1. The highest BCUT2D eigenvalue weighted by Gasteiger charge is 2.16. The molecule has 5 nitrogen and oxygen atoms in total. The van der Waals surface area contributed by atoms with E-state index in [0.717, 1.165) is 10.9 Å². The van der Waals surface area contributed by atoms with Crippen LogP contribution in [0.1, 0.15) is 26.6 Å². The Labute approximate surface area is 128 Å². The Morgan fingerprint density at radius 1 is 1.29 bits per heavy atom. The van der Waals surface area contributed by atoms with Crippen LogP contribution >= 0.6 is 11.8 Å². The Bertz CT molecular complexity index is 653. The van der Waals surface area contributed by atoms with Gasteiger partial charge in [0.1, 0.15) is 17.2 Å². The molecule has 2 rings (SSSR count). The molecule has 0 saturated heterocycles. The molecular formula is C15H19N3O2S. The minimum absolute atomic E-state index is 0.235. The largest absolute Gasteiger partial charge is 0.459 e. The molecule has 112 valence electrons. The molecule has 1 aromatic heterocycles. The molecule has 6 heteroatoms. The monoisotopic (exact) mass is 305 g/mol. The second-order valence-electron chi connectivity index (χ2n) is 5.62. The van der Waals surface area contributed by atoms with E-state index in [4.69, 9.17) is 10.5 Å². The zero-order chi connectivity index (χ0) is 15.5. The van der Waals surface area contributed by atoms with Crippen molar-refractivity contribution in [1.82, 2.24) is 9.97 Å². The number of nitrogens with zero attached hydrogens (tertiary/aromatic N) is 2. The number of carbonyl (C=O) groups is 1. The number of thioether (sulfide) groups is 1. The summed E-state index contributed by atoms with van der Waals surface area (Å²) < 4.78 is 5.24. The van der Waals surface area contributed by atoms with Crippen LogP contribution in [-0.2, 0) is 15.3 Å². The van der Waals surface area contributed by atoms with E-state index in [2.05, 4.69) is 9.97 Å². The van der Waals surface area contributed by atoms with Gasteiger partial charge in [0.2, 0.25) is 0 Å². The fourth-order valence-electron chi connectivity index (χ4n) is 1.81. The van der Waals surface area contributed by atoms with Crippen LogP contribution in [0.15, 0.2) is 24.3 Å². The third kappa shape index (κ3) is 4.60. The number of benzene rings is 1. The van der Waals surface area contributed by atoms with Crippen molar-refractivity contribution in [3.63, 3.8) is 0 Å². The lowest BCUT2D eigenvalue weighted by Gasteiger charge is -2.19. The summed E-state index contributed by atoms with van der Waals surface area (Å²) in [4.78, 5) is 20.3. The zero-order valence-electron chi connectivity index (χ0n) is 12.4. The van der Waals surface area contributed by atoms with Crippen molar-refractivity contribution >= 4 is 34.5 Å². The fraction of sp³-hybridized carbons (Fsp3) is 0.400. The van der Waals surface area contributed by atoms with Gasteiger partial charge in [0, 0.05) is 5.39 Å². The molecule has 0 radical (unpaired) electrons. The van der Waals surface area contributed by atoms with Crippen molar-refractivity contribution in [1.29, 1.82) is 0 Å². The molecular weight excluding hydrogens is 286 g/mol. The maximum atomic E-state index is 11.6. The summed E-state index contributed by atoms with van der Waals surface area (Å²) in [7, 11) is 0. The summed E-state index contributed by atoms with van der Waals surface area (Å²) in [5.74, 6) is 1.65. The number of para-hydroxylation sites is 1. The highest BCUT2D eigenvalue weighted by atomic mass is 32.2. The molecule has 0 bridgehead atoms. The third-order valence-corrected chi connectivity index (χ3v) is 3.45. The standard InChI is InChI=1S/C15H19N3O2S/c1-15(2,3)20-13(19)9-21-8-12-17-11-7-5-4-6-10(11)14(16)18-12/h4-7H,8-9H2,1-3H3,(H2,16,17,18). The smallest absolute Gasteiger partial charge is 0.316 e. The number of aromatic nitrogens is 2. The SMILES string of the molecule is CC(C)(C)OC(=O)CSCc1nc(N)c2ccccc2n1. The maximum Gasteiger partial charge on any atom is 0.316 e. The number of hydrogen-bond donors (Lipinski definition) is 1. The molecule has 0 unspecified atom stereocenters. The van der Waals surface area contributed by atoms with Gasteiger partial charge in [-0.05, 0) is 32.9 Å². The van der Waals surface area contributed by atoms with E-state index >= 15 is 0 Å². The van der Waals surface area contributed by atoms with Crippen molar-refractivity contribution in [2.45, 2.75) is 32.1 Å². The molecule has 2 aromatic rings. The van der Waals surface area contributed by atoms with Crippen LogP contribution in [0.25, 0.3) is 10.9 Å². The number of anilines is 1. The second-order valence-corrected chi connectivity index (χ2v) is 6.61. The quantitative estimate of drug-likeness (QED) is 0.875. The third-order valence-electron chi connectivity index (χ3n) is 2.55. The van der Waals surface area contributed by atoms with Crippen LogP contribution in [0.2, 0.25) is 0 Å². The minimum Gasteiger partial charge on any atom is -0.459 e. The van der Waals surface area contributed by atoms with Crippen molar-refractivity contribution in [2.75, 3.05) is 11.5 Å². The molecule has 1 heterocycles. The highest BCUT2D eigenvalue weighted by Crippen LogP contribution is 2.19. The van der Waals surface area contributed by atoms with E-state index < -0.39 is 5.60 Å². The summed E-state index contributed by atoms with van der Waals surface area (Å²) in [6, 6.07) is 7.60. The van der Waals surface area contributed by atoms with Crippen LogP contribution in [0.4, 0.5) is 5.82 Å². The van der Waals surface area contributed by atoms with Gasteiger partial charge in [-0.2, -0.15) is 0 Å².